The number of likely N-dealkylation sites (N-methyl/N-ethyl adjacent to an activating group) is 1. The highest BCUT2D eigenvalue weighted by Gasteiger charge is 2.36. The predicted molar refractivity (Wildman–Crippen MR) is 81.0 cm³/mol. The van der Waals surface area contributed by atoms with Crippen molar-refractivity contribution in [2.24, 2.45) is 0 Å². The number of ether oxygens (including phenoxy) is 1. The monoisotopic (exact) mass is 321 g/mol. The molecular weight excluding hydrogens is 301 g/mol. The standard InChI is InChI=1S/C16H20FN3O3/c1-20(16(11-21)6-8-22-9-7-16)10-14-18-15(19-23-14)12-2-4-13(17)5-3-12/h2-5,21H,6-11H2,1H3. The summed E-state index contributed by atoms with van der Waals surface area (Å²) >= 11 is 0. The van der Waals surface area contributed by atoms with Gasteiger partial charge >= 0.3 is 0 Å². The van der Waals surface area contributed by atoms with Gasteiger partial charge in [0.15, 0.2) is 0 Å². The van der Waals surface area contributed by atoms with E-state index in [1.165, 1.54) is 12.1 Å². The molecule has 1 aliphatic heterocycles. The number of aromatic nitrogens is 2. The summed E-state index contributed by atoms with van der Waals surface area (Å²) in [6.07, 6.45) is 1.53. The topological polar surface area (TPSA) is 71.6 Å². The Balaban J connectivity index is 1.72. The van der Waals surface area contributed by atoms with Crippen LogP contribution in [0, 0.1) is 5.82 Å². The van der Waals surface area contributed by atoms with Crippen molar-refractivity contribution in [3.05, 3.63) is 36.0 Å². The summed E-state index contributed by atoms with van der Waals surface area (Å²) in [7, 11) is 1.93. The number of aliphatic hydroxyl groups excluding tert-OH is 1. The van der Waals surface area contributed by atoms with Gasteiger partial charge in [0.25, 0.3) is 0 Å². The molecule has 1 aliphatic rings. The van der Waals surface area contributed by atoms with Crippen molar-refractivity contribution in [3.63, 3.8) is 0 Å². The lowest BCUT2D eigenvalue weighted by Crippen LogP contribution is -2.52. The number of aliphatic hydroxyl groups is 1. The van der Waals surface area contributed by atoms with Crippen LogP contribution in [0.5, 0.6) is 0 Å². The van der Waals surface area contributed by atoms with E-state index in [0.29, 0.717) is 37.0 Å². The molecule has 3 rings (SSSR count). The Morgan fingerprint density at radius 2 is 1.96 bits per heavy atom. The molecule has 0 aliphatic carbocycles. The van der Waals surface area contributed by atoms with Crippen LogP contribution in [-0.2, 0) is 11.3 Å². The second-order valence-corrected chi connectivity index (χ2v) is 5.87. The zero-order valence-electron chi connectivity index (χ0n) is 13.0. The van der Waals surface area contributed by atoms with Gasteiger partial charge < -0.3 is 14.4 Å². The molecule has 0 atom stereocenters. The molecule has 0 amide bonds. The lowest BCUT2D eigenvalue weighted by atomic mass is 9.89. The zero-order valence-corrected chi connectivity index (χ0v) is 13.0. The quantitative estimate of drug-likeness (QED) is 0.906. The number of halogens is 1. The lowest BCUT2D eigenvalue weighted by molar-refractivity contribution is -0.0521. The Morgan fingerprint density at radius 3 is 2.61 bits per heavy atom. The van der Waals surface area contributed by atoms with Gasteiger partial charge in [0.05, 0.1) is 13.2 Å². The van der Waals surface area contributed by atoms with Crippen LogP contribution in [-0.4, -0.2) is 52.6 Å². The molecule has 2 aromatic rings. The fourth-order valence-electron chi connectivity index (χ4n) is 2.82. The molecular formula is C16H20FN3O3. The maximum absolute atomic E-state index is 13.0. The Morgan fingerprint density at radius 1 is 1.26 bits per heavy atom. The lowest BCUT2D eigenvalue weighted by Gasteiger charge is -2.42. The van der Waals surface area contributed by atoms with Crippen molar-refractivity contribution >= 4 is 0 Å². The third-order valence-corrected chi connectivity index (χ3v) is 4.47. The van der Waals surface area contributed by atoms with Crippen molar-refractivity contribution in [1.82, 2.24) is 15.0 Å². The van der Waals surface area contributed by atoms with Gasteiger partial charge in [-0.15, -0.1) is 0 Å². The van der Waals surface area contributed by atoms with E-state index in [-0.39, 0.29) is 18.0 Å². The summed E-state index contributed by atoms with van der Waals surface area (Å²) in [5.41, 5.74) is 0.384. The van der Waals surface area contributed by atoms with Crippen LogP contribution in [0.2, 0.25) is 0 Å². The van der Waals surface area contributed by atoms with E-state index in [4.69, 9.17) is 9.26 Å². The third kappa shape index (κ3) is 3.41. The summed E-state index contributed by atoms with van der Waals surface area (Å²) in [5.74, 6) is 0.589. The first-order valence-corrected chi connectivity index (χ1v) is 7.61. The minimum atomic E-state index is -0.317. The SMILES string of the molecule is CN(Cc1nc(-c2ccc(F)cc2)no1)C1(CO)CCOCC1. The van der Waals surface area contributed by atoms with Crippen molar-refractivity contribution in [3.8, 4) is 11.4 Å². The molecule has 0 unspecified atom stereocenters. The highest BCUT2D eigenvalue weighted by atomic mass is 19.1. The molecule has 1 aromatic carbocycles. The van der Waals surface area contributed by atoms with Crippen LogP contribution in [0.3, 0.4) is 0 Å². The van der Waals surface area contributed by atoms with E-state index in [1.807, 2.05) is 11.9 Å². The molecule has 1 fully saturated rings. The normalized spacial score (nSPS) is 17.6. The van der Waals surface area contributed by atoms with Crippen LogP contribution in [0.25, 0.3) is 11.4 Å². The molecule has 124 valence electrons. The average Bonchev–Trinajstić information content (AvgIpc) is 3.04. The fourth-order valence-corrected chi connectivity index (χ4v) is 2.82. The maximum atomic E-state index is 13.0. The summed E-state index contributed by atoms with van der Waals surface area (Å²) in [4.78, 5) is 6.39. The summed E-state index contributed by atoms with van der Waals surface area (Å²) < 4.78 is 23.6. The van der Waals surface area contributed by atoms with Crippen molar-refractivity contribution in [1.29, 1.82) is 0 Å². The molecule has 7 heteroatoms. The van der Waals surface area contributed by atoms with Gasteiger partial charge in [-0.1, -0.05) is 5.16 Å². The highest BCUT2D eigenvalue weighted by molar-refractivity contribution is 5.53. The van der Waals surface area contributed by atoms with Crippen molar-refractivity contribution in [2.75, 3.05) is 26.9 Å². The van der Waals surface area contributed by atoms with Crippen molar-refractivity contribution in [2.45, 2.75) is 24.9 Å². The van der Waals surface area contributed by atoms with Crippen LogP contribution < -0.4 is 0 Å². The molecule has 0 bridgehead atoms. The number of rotatable bonds is 5. The Labute approximate surface area is 133 Å². The van der Waals surface area contributed by atoms with Gasteiger partial charge in [-0.05, 0) is 44.2 Å². The summed E-state index contributed by atoms with van der Waals surface area (Å²) in [6, 6.07) is 5.95. The first kappa shape index (κ1) is 16.0. The number of benzene rings is 1. The molecule has 1 aromatic heterocycles. The third-order valence-electron chi connectivity index (χ3n) is 4.47. The van der Waals surface area contributed by atoms with E-state index >= 15 is 0 Å². The van der Waals surface area contributed by atoms with Crippen LogP contribution in [0.15, 0.2) is 28.8 Å². The second kappa shape index (κ2) is 6.74. The van der Waals surface area contributed by atoms with E-state index in [2.05, 4.69) is 10.1 Å². The summed E-state index contributed by atoms with van der Waals surface area (Å²) in [6.45, 7) is 1.77. The zero-order chi connectivity index (χ0) is 16.3. The number of hydrogen-bond acceptors (Lipinski definition) is 6. The minimum absolute atomic E-state index is 0.0613. The van der Waals surface area contributed by atoms with Gasteiger partial charge in [-0.2, -0.15) is 4.98 Å². The highest BCUT2D eigenvalue weighted by Crippen LogP contribution is 2.28. The molecule has 1 N–H and O–H groups in total. The fraction of sp³-hybridized carbons (Fsp3) is 0.500. The number of hydrogen-bond donors (Lipinski definition) is 1. The Hall–Kier alpha value is -1.83. The van der Waals surface area contributed by atoms with Gasteiger partial charge in [-0.3, -0.25) is 4.90 Å². The molecule has 6 nitrogen and oxygen atoms in total. The van der Waals surface area contributed by atoms with Gasteiger partial charge in [-0.25, -0.2) is 4.39 Å². The van der Waals surface area contributed by atoms with Gasteiger partial charge in [0.1, 0.15) is 5.82 Å². The molecule has 0 radical (unpaired) electrons. The molecule has 2 heterocycles. The molecule has 0 spiro atoms. The Kier molecular flexibility index (Phi) is 4.70. The van der Waals surface area contributed by atoms with E-state index in [1.54, 1.807) is 12.1 Å². The first-order chi connectivity index (χ1) is 11.1. The van der Waals surface area contributed by atoms with Gasteiger partial charge in [0, 0.05) is 24.3 Å². The predicted octanol–water partition coefficient (Wildman–Crippen LogP) is 1.85. The first-order valence-electron chi connectivity index (χ1n) is 7.61. The summed E-state index contributed by atoms with van der Waals surface area (Å²) in [5, 5.41) is 13.7. The second-order valence-electron chi connectivity index (χ2n) is 5.87. The molecule has 0 saturated carbocycles. The van der Waals surface area contributed by atoms with Crippen LogP contribution >= 0.6 is 0 Å². The Bertz CT molecular complexity index is 638. The minimum Gasteiger partial charge on any atom is -0.394 e. The van der Waals surface area contributed by atoms with E-state index in [9.17, 15) is 9.50 Å². The largest absolute Gasteiger partial charge is 0.394 e. The molecule has 1 saturated heterocycles. The van der Waals surface area contributed by atoms with E-state index < -0.39 is 0 Å². The van der Waals surface area contributed by atoms with E-state index in [0.717, 1.165) is 12.8 Å². The maximum Gasteiger partial charge on any atom is 0.241 e. The van der Waals surface area contributed by atoms with Gasteiger partial charge in [0.2, 0.25) is 11.7 Å². The average molecular weight is 321 g/mol. The smallest absolute Gasteiger partial charge is 0.241 e. The molecule has 23 heavy (non-hydrogen) atoms. The van der Waals surface area contributed by atoms with Crippen LogP contribution in [0.4, 0.5) is 4.39 Å². The van der Waals surface area contributed by atoms with Crippen LogP contribution in [0.1, 0.15) is 18.7 Å². The van der Waals surface area contributed by atoms with Crippen molar-refractivity contribution < 1.29 is 18.8 Å². The number of nitrogens with zero attached hydrogens (tertiary/aromatic N) is 3.